The van der Waals surface area contributed by atoms with Crippen molar-refractivity contribution in [2.45, 2.75) is 192 Å². The minimum absolute atomic E-state index is 0.0941. The van der Waals surface area contributed by atoms with E-state index < -0.39 is 11.7 Å². The van der Waals surface area contributed by atoms with E-state index in [1.807, 2.05) is 20.8 Å². The summed E-state index contributed by atoms with van der Waals surface area (Å²) in [7, 11) is 0. The highest BCUT2D eigenvalue weighted by atomic mass is 16.6. The molecule has 0 aliphatic heterocycles. The van der Waals surface area contributed by atoms with Gasteiger partial charge >= 0.3 is 6.09 Å². The van der Waals surface area contributed by atoms with Crippen LogP contribution < -0.4 is 25.3 Å². The topological polar surface area (TPSA) is 153 Å². The molecular weight excluding hydrogens is 877 g/mol. The number of benzene rings is 3. The minimum Gasteiger partial charge on any atom is -0.487 e. The normalized spacial score (nSPS) is 11.7. The molecule has 70 heavy (non-hydrogen) atoms. The lowest BCUT2D eigenvalue weighted by Gasteiger charge is -2.23. The molecular formula is C57H86N8O5. The second-order valence-electron chi connectivity index (χ2n) is 21.8. The maximum Gasteiger partial charge on any atom is 0.407 e. The number of nitrogens with two attached hydrogens (primary N) is 1. The number of carbonyl (C=O) groups excluding carboxylic acids is 1. The molecule has 0 atom stereocenters. The van der Waals surface area contributed by atoms with E-state index in [0.29, 0.717) is 46.0 Å². The Morgan fingerprint density at radius 2 is 0.986 bits per heavy atom. The molecule has 13 nitrogen and oxygen atoms in total. The lowest BCUT2D eigenvalue weighted by Crippen LogP contribution is -2.34. The summed E-state index contributed by atoms with van der Waals surface area (Å²) in [5.41, 5.74) is 18.4. The summed E-state index contributed by atoms with van der Waals surface area (Å²) in [6.07, 6.45) is 11.0. The first-order chi connectivity index (χ1) is 32.7. The molecule has 5 aromatic rings. The van der Waals surface area contributed by atoms with Crippen LogP contribution in [0.2, 0.25) is 0 Å². The number of aryl methyl sites for hydroxylation is 6. The standard InChI is InChI=1S/C23H36N4O3.C18H28N4O.C16H22O/c1-9-17-13-18(22(3,4)5)12-16(2)20(17)29-15-19-14-25-26-27(19)11-10-24-21(28)30-23(6,7)8;1-6-14-10-15(18(3,4)5)9-13(2)17(14)23-12-16-11-20-21-22(16)8-7-19;1-7-9-17-15-12(3)10-14(16(4,5)6)11-13(15)8-2/h12-14H,9-11,15H2,1-8H3,(H,24,28);9-11H,6-8,12,19H2,1-5H3;1,10-11H,8-9H2,2-6H3. The zero-order chi connectivity index (χ0) is 52.6. The molecule has 0 saturated carbocycles. The third kappa shape index (κ3) is 17.8. The van der Waals surface area contributed by atoms with E-state index in [2.05, 4.69) is 172 Å². The fourth-order valence-corrected chi connectivity index (χ4v) is 7.51. The van der Waals surface area contributed by atoms with Crippen LogP contribution in [0, 0.1) is 33.1 Å². The molecule has 0 spiro atoms. The van der Waals surface area contributed by atoms with E-state index in [0.717, 1.165) is 53.5 Å². The first kappa shape index (κ1) is 58.4. The molecule has 3 aromatic carbocycles. The predicted molar refractivity (Wildman–Crippen MR) is 284 cm³/mol. The number of alkyl carbamates (subject to hydrolysis) is 1. The predicted octanol–water partition coefficient (Wildman–Crippen LogP) is 11.4. The van der Waals surface area contributed by atoms with Crippen LogP contribution in [0.4, 0.5) is 4.79 Å². The van der Waals surface area contributed by atoms with E-state index in [9.17, 15) is 4.79 Å². The summed E-state index contributed by atoms with van der Waals surface area (Å²) >= 11 is 0. The SMILES string of the molecule is C#CCOc1c(C)cc(C(C)(C)C)cc1CC.CCc1cc(C(C)(C)C)cc(C)c1OCc1cnnn1CCN.CCc1cc(C(C)(C)C)cc(C)c1OCc1cnnn1CCNC(=O)OC(C)(C)C. The van der Waals surface area contributed by atoms with Crippen LogP contribution in [0.3, 0.4) is 0 Å². The smallest absolute Gasteiger partial charge is 0.407 e. The molecule has 1 amide bonds. The maximum absolute atomic E-state index is 11.8. The Labute approximate surface area is 421 Å². The molecule has 0 saturated heterocycles. The molecule has 5 rings (SSSR count). The van der Waals surface area contributed by atoms with Gasteiger partial charge in [0.15, 0.2) is 0 Å². The fraction of sp³-hybridized carbons (Fsp3) is 0.561. The van der Waals surface area contributed by atoms with Crippen molar-refractivity contribution in [1.29, 1.82) is 0 Å². The Morgan fingerprint density at radius 3 is 1.31 bits per heavy atom. The Balaban J connectivity index is 0.000000289. The monoisotopic (exact) mass is 963 g/mol. The van der Waals surface area contributed by atoms with Crippen LogP contribution in [0.25, 0.3) is 0 Å². The van der Waals surface area contributed by atoms with E-state index in [1.54, 1.807) is 21.8 Å². The highest BCUT2D eigenvalue weighted by Crippen LogP contribution is 2.35. The lowest BCUT2D eigenvalue weighted by molar-refractivity contribution is 0.0525. The number of amides is 1. The molecule has 0 bridgehead atoms. The van der Waals surface area contributed by atoms with Gasteiger partial charge in [-0.25, -0.2) is 14.2 Å². The van der Waals surface area contributed by atoms with E-state index in [4.69, 9.17) is 31.1 Å². The van der Waals surface area contributed by atoms with Crippen molar-refractivity contribution in [2.75, 3.05) is 19.7 Å². The van der Waals surface area contributed by atoms with Crippen molar-refractivity contribution >= 4 is 6.09 Å². The van der Waals surface area contributed by atoms with Gasteiger partial charge < -0.3 is 30.0 Å². The average molecular weight is 963 g/mol. The molecule has 3 N–H and O–H groups in total. The molecule has 0 aliphatic rings. The Hall–Kier alpha value is -5.87. The largest absolute Gasteiger partial charge is 0.487 e. The van der Waals surface area contributed by atoms with E-state index >= 15 is 0 Å². The van der Waals surface area contributed by atoms with Crippen LogP contribution in [-0.4, -0.2) is 61.4 Å². The molecule has 0 aliphatic carbocycles. The summed E-state index contributed by atoms with van der Waals surface area (Å²) in [5.74, 6) is 5.37. The fourth-order valence-electron chi connectivity index (χ4n) is 7.51. The molecule has 384 valence electrons. The van der Waals surface area contributed by atoms with Crippen LogP contribution >= 0.6 is 0 Å². The number of hydrogen-bond donors (Lipinski definition) is 2. The van der Waals surface area contributed by atoms with E-state index in [-0.39, 0.29) is 16.2 Å². The van der Waals surface area contributed by atoms with E-state index in [1.165, 1.54) is 44.5 Å². The summed E-state index contributed by atoms with van der Waals surface area (Å²) in [5, 5.41) is 18.8. The van der Waals surface area contributed by atoms with Crippen LogP contribution in [0.15, 0.2) is 48.8 Å². The lowest BCUT2D eigenvalue weighted by atomic mass is 9.84. The van der Waals surface area contributed by atoms with Crippen LogP contribution in [0.1, 0.15) is 165 Å². The number of carbonyl (C=O) groups is 1. The Kier molecular flexibility index (Phi) is 21.6. The summed E-state index contributed by atoms with van der Waals surface area (Å²) < 4.78 is 26.7. The molecule has 0 fully saturated rings. The van der Waals surface area contributed by atoms with Gasteiger partial charge in [-0.05, 0) is 127 Å². The second kappa shape index (κ2) is 25.8. The number of hydrogen-bond acceptors (Lipinski definition) is 10. The van der Waals surface area contributed by atoms with Gasteiger partial charge in [-0.1, -0.05) is 136 Å². The molecule has 0 radical (unpaired) electrons. The van der Waals surface area contributed by atoms with Gasteiger partial charge in [0.2, 0.25) is 0 Å². The van der Waals surface area contributed by atoms with Gasteiger partial charge in [-0.2, -0.15) is 0 Å². The van der Waals surface area contributed by atoms with Crippen molar-refractivity contribution < 1.29 is 23.7 Å². The van der Waals surface area contributed by atoms with Gasteiger partial charge in [-0.15, -0.1) is 16.6 Å². The van der Waals surface area contributed by atoms with Gasteiger partial charge in [0, 0.05) is 13.1 Å². The van der Waals surface area contributed by atoms with Crippen molar-refractivity contribution in [3.8, 4) is 29.6 Å². The number of aromatic nitrogens is 6. The summed E-state index contributed by atoms with van der Waals surface area (Å²) in [6.45, 7) is 41.5. The highest BCUT2D eigenvalue weighted by Gasteiger charge is 2.21. The zero-order valence-corrected chi connectivity index (χ0v) is 46.1. The van der Waals surface area contributed by atoms with Crippen molar-refractivity contribution in [3.63, 3.8) is 0 Å². The quantitative estimate of drug-likeness (QED) is 0.0914. The molecule has 2 heterocycles. The highest BCUT2D eigenvalue weighted by molar-refractivity contribution is 5.67. The first-order valence-corrected chi connectivity index (χ1v) is 24.8. The third-order valence-electron chi connectivity index (χ3n) is 11.6. The number of ether oxygens (including phenoxy) is 4. The van der Waals surface area contributed by atoms with Crippen molar-refractivity contribution in [3.05, 3.63) is 110 Å². The van der Waals surface area contributed by atoms with Crippen LogP contribution in [0.5, 0.6) is 17.2 Å². The average Bonchev–Trinajstić information content (AvgIpc) is 3.92. The maximum atomic E-state index is 11.8. The molecule has 2 aromatic heterocycles. The first-order valence-electron chi connectivity index (χ1n) is 24.8. The molecule has 13 heteroatoms. The number of nitrogens with one attached hydrogen (secondary N) is 1. The number of rotatable bonds is 16. The summed E-state index contributed by atoms with van der Waals surface area (Å²) in [6, 6.07) is 13.4. The van der Waals surface area contributed by atoms with Crippen LogP contribution in [-0.2, 0) is 66.5 Å². The Morgan fingerprint density at radius 1 is 0.614 bits per heavy atom. The second-order valence-corrected chi connectivity index (χ2v) is 21.8. The Bertz CT molecular complexity index is 2490. The van der Waals surface area contributed by atoms with Crippen molar-refractivity contribution in [1.82, 2.24) is 35.3 Å². The molecule has 0 unspecified atom stereocenters. The summed E-state index contributed by atoms with van der Waals surface area (Å²) in [4.78, 5) is 11.8. The zero-order valence-electron chi connectivity index (χ0n) is 46.1. The van der Waals surface area contributed by atoms with Gasteiger partial charge in [0.25, 0.3) is 0 Å². The van der Waals surface area contributed by atoms with Gasteiger partial charge in [0.05, 0.1) is 36.9 Å². The van der Waals surface area contributed by atoms with Gasteiger partial charge in [-0.3, -0.25) is 0 Å². The number of nitrogens with zero attached hydrogens (tertiary/aromatic N) is 6. The van der Waals surface area contributed by atoms with Crippen molar-refractivity contribution in [2.24, 2.45) is 5.73 Å². The third-order valence-corrected chi connectivity index (χ3v) is 11.6. The van der Waals surface area contributed by atoms with Gasteiger partial charge in [0.1, 0.15) is 42.7 Å². The minimum atomic E-state index is -0.520. The number of terminal acetylenes is 1.